The fraction of sp³-hybridized carbons (Fsp3) is 0.909. The minimum Gasteiger partial charge on any atom is -0.353 e. The number of rotatable bonds is 4. The molecule has 15 heavy (non-hydrogen) atoms. The van der Waals surface area contributed by atoms with Gasteiger partial charge in [0.1, 0.15) is 0 Å². The average molecular weight is 230 g/mol. The monoisotopic (exact) mass is 230 g/mol. The van der Waals surface area contributed by atoms with Gasteiger partial charge in [-0.25, -0.2) is 0 Å². The minimum atomic E-state index is 0.104. The smallest absolute Gasteiger partial charge is 0.234 e. The average Bonchev–Trinajstić information content (AvgIpc) is 2.15. The topological polar surface area (TPSA) is 41.1 Å². The van der Waals surface area contributed by atoms with Gasteiger partial charge in [-0.2, -0.15) is 11.8 Å². The largest absolute Gasteiger partial charge is 0.353 e. The van der Waals surface area contributed by atoms with E-state index in [0.717, 1.165) is 0 Å². The lowest BCUT2D eigenvalue weighted by Crippen LogP contribution is -2.45. The molecule has 1 heterocycles. The molecule has 2 atom stereocenters. The van der Waals surface area contributed by atoms with Crippen molar-refractivity contribution in [3.05, 3.63) is 0 Å². The van der Waals surface area contributed by atoms with E-state index in [2.05, 4.69) is 17.6 Å². The first-order valence-electron chi connectivity index (χ1n) is 5.74. The highest BCUT2D eigenvalue weighted by Crippen LogP contribution is 2.24. The summed E-state index contributed by atoms with van der Waals surface area (Å²) in [6.07, 6.45) is 2.46. The molecule has 0 saturated carbocycles. The van der Waals surface area contributed by atoms with Crippen LogP contribution in [-0.2, 0) is 4.79 Å². The molecule has 0 bridgehead atoms. The molecule has 0 spiro atoms. The summed E-state index contributed by atoms with van der Waals surface area (Å²) in [5.74, 6) is 1.37. The van der Waals surface area contributed by atoms with E-state index >= 15 is 0 Å². The molecule has 1 saturated heterocycles. The van der Waals surface area contributed by atoms with Gasteiger partial charge in [-0.05, 0) is 32.4 Å². The van der Waals surface area contributed by atoms with Crippen LogP contribution in [0.25, 0.3) is 0 Å². The molecule has 1 aliphatic heterocycles. The van der Waals surface area contributed by atoms with E-state index in [1.807, 2.05) is 25.6 Å². The fourth-order valence-corrected chi connectivity index (χ4v) is 2.96. The van der Waals surface area contributed by atoms with Crippen LogP contribution in [0.2, 0.25) is 0 Å². The van der Waals surface area contributed by atoms with Gasteiger partial charge < -0.3 is 10.6 Å². The van der Waals surface area contributed by atoms with Crippen LogP contribution in [0, 0.1) is 0 Å². The van der Waals surface area contributed by atoms with Crippen LogP contribution in [0.15, 0.2) is 0 Å². The lowest BCUT2D eigenvalue weighted by Gasteiger charge is -2.29. The van der Waals surface area contributed by atoms with E-state index in [1.165, 1.54) is 18.6 Å². The standard InChI is InChI=1S/C11H22N2OS/c1-8(2)13-11(14)7-12-10-5-4-6-15-9(10)3/h8-10,12H,4-7H2,1-3H3,(H,13,14). The van der Waals surface area contributed by atoms with Gasteiger partial charge in [0.2, 0.25) is 5.91 Å². The maximum atomic E-state index is 11.4. The Morgan fingerprint density at radius 3 is 2.87 bits per heavy atom. The van der Waals surface area contributed by atoms with Crippen molar-refractivity contribution in [1.29, 1.82) is 0 Å². The van der Waals surface area contributed by atoms with E-state index in [-0.39, 0.29) is 11.9 Å². The molecule has 1 amide bonds. The molecule has 4 heteroatoms. The molecule has 1 aliphatic rings. The second-order valence-corrected chi connectivity index (χ2v) is 5.91. The number of carbonyl (C=O) groups excluding carboxylic acids is 1. The predicted molar refractivity (Wildman–Crippen MR) is 66.2 cm³/mol. The van der Waals surface area contributed by atoms with Crippen molar-refractivity contribution < 1.29 is 4.79 Å². The van der Waals surface area contributed by atoms with E-state index < -0.39 is 0 Å². The third kappa shape index (κ3) is 4.89. The van der Waals surface area contributed by atoms with Crippen LogP contribution in [0.4, 0.5) is 0 Å². The van der Waals surface area contributed by atoms with Crippen molar-refractivity contribution in [2.24, 2.45) is 0 Å². The number of hydrogen-bond donors (Lipinski definition) is 2. The Hall–Kier alpha value is -0.220. The van der Waals surface area contributed by atoms with Gasteiger partial charge in [0.05, 0.1) is 6.54 Å². The summed E-state index contributed by atoms with van der Waals surface area (Å²) in [5.41, 5.74) is 0. The first-order chi connectivity index (χ1) is 7.09. The van der Waals surface area contributed by atoms with Crippen LogP contribution in [0.1, 0.15) is 33.6 Å². The second kappa shape index (κ2) is 6.38. The first kappa shape index (κ1) is 12.8. The quantitative estimate of drug-likeness (QED) is 0.767. The molecule has 2 N–H and O–H groups in total. The fourth-order valence-electron chi connectivity index (χ4n) is 1.79. The predicted octanol–water partition coefficient (Wildman–Crippen LogP) is 1.38. The van der Waals surface area contributed by atoms with Gasteiger partial charge in [0, 0.05) is 17.3 Å². The molecule has 0 aromatic carbocycles. The molecule has 2 unspecified atom stereocenters. The zero-order chi connectivity index (χ0) is 11.3. The third-order valence-corrected chi connectivity index (χ3v) is 3.96. The van der Waals surface area contributed by atoms with Crippen LogP contribution in [-0.4, -0.2) is 35.5 Å². The Labute approximate surface area is 96.8 Å². The molecule has 0 aliphatic carbocycles. The van der Waals surface area contributed by atoms with Crippen LogP contribution < -0.4 is 10.6 Å². The Bertz CT molecular complexity index is 209. The SMILES string of the molecule is CC(C)NC(=O)CNC1CCCSC1C. The molecule has 1 fully saturated rings. The highest BCUT2D eigenvalue weighted by atomic mass is 32.2. The maximum Gasteiger partial charge on any atom is 0.234 e. The van der Waals surface area contributed by atoms with E-state index in [9.17, 15) is 4.79 Å². The van der Waals surface area contributed by atoms with Gasteiger partial charge in [0.25, 0.3) is 0 Å². The number of nitrogens with one attached hydrogen (secondary N) is 2. The molecule has 0 aromatic heterocycles. The van der Waals surface area contributed by atoms with Crippen molar-refractivity contribution in [3.8, 4) is 0 Å². The highest BCUT2D eigenvalue weighted by Gasteiger charge is 2.21. The summed E-state index contributed by atoms with van der Waals surface area (Å²) in [6.45, 7) is 6.66. The third-order valence-electron chi connectivity index (χ3n) is 2.58. The van der Waals surface area contributed by atoms with Crippen molar-refractivity contribution in [2.45, 2.75) is 50.9 Å². The number of thioether (sulfide) groups is 1. The first-order valence-corrected chi connectivity index (χ1v) is 6.79. The van der Waals surface area contributed by atoms with Gasteiger partial charge in [0.15, 0.2) is 0 Å². The number of carbonyl (C=O) groups is 1. The van der Waals surface area contributed by atoms with Crippen LogP contribution in [0.5, 0.6) is 0 Å². The molecule has 1 rings (SSSR count). The molecule has 0 radical (unpaired) electrons. The minimum absolute atomic E-state index is 0.104. The highest BCUT2D eigenvalue weighted by molar-refractivity contribution is 7.99. The zero-order valence-electron chi connectivity index (χ0n) is 9.88. The van der Waals surface area contributed by atoms with Crippen molar-refractivity contribution >= 4 is 17.7 Å². The van der Waals surface area contributed by atoms with Gasteiger partial charge in [-0.3, -0.25) is 4.79 Å². The van der Waals surface area contributed by atoms with Crippen LogP contribution in [0.3, 0.4) is 0 Å². The zero-order valence-corrected chi connectivity index (χ0v) is 10.7. The van der Waals surface area contributed by atoms with Gasteiger partial charge in [-0.15, -0.1) is 0 Å². The molecular weight excluding hydrogens is 208 g/mol. The number of hydrogen-bond acceptors (Lipinski definition) is 3. The Kier molecular flexibility index (Phi) is 5.47. The summed E-state index contributed by atoms with van der Waals surface area (Å²) >= 11 is 2.00. The normalized spacial score (nSPS) is 26.7. The van der Waals surface area contributed by atoms with E-state index in [1.54, 1.807) is 0 Å². The van der Waals surface area contributed by atoms with Crippen molar-refractivity contribution in [2.75, 3.05) is 12.3 Å². The van der Waals surface area contributed by atoms with Gasteiger partial charge >= 0.3 is 0 Å². The van der Waals surface area contributed by atoms with Crippen LogP contribution >= 0.6 is 11.8 Å². The molecule has 0 aromatic rings. The Morgan fingerprint density at radius 1 is 1.53 bits per heavy atom. The van der Waals surface area contributed by atoms with E-state index in [0.29, 0.717) is 17.8 Å². The Morgan fingerprint density at radius 2 is 2.27 bits per heavy atom. The molecule has 88 valence electrons. The number of amides is 1. The lowest BCUT2D eigenvalue weighted by molar-refractivity contribution is -0.120. The van der Waals surface area contributed by atoms with Gasteiger partial charge in [-0.1, -0.05) is 6.92 Å². The summed E-state index contributed by atoms with van der Waals surface area (Å²) in [5, 5.41) is 6.86. The summed E-state index contributed by atoms with van der Waals surface area (Å²) in [6, 6.07) is 0.735. The van der Waals surface area contributed by atoms with Crippen molar-refractivity contribution in [1.82, 2.24) is 10.6 Å². The van der Waals surface area contributed by atoms with E-state index in [4.69, 9.17) is 0 Å². The second-order valence-electron chi connectivity index (χ2n) is 4.43. The molecular formula is C11H22N2OS. The molecule has 3 nitrogen and oxygen atoms in total. The summed E-state index contributed by atoms with van der Waals surface area (Å²) < 4.78 is 0. The summed E-state index contributed by atoms with van der Waals surface area (Å²) in [7, 11) is 0. The maximum absolute atomic E-state index is 11.4. The summed E-state index contributed by atoms with van der Waals surface area (Å²) in [4.78, 5) is 11.4. The Balaban J connectivity index is 2.20. The van der Waals surface area contributed by atoms with Crippen molar-refractivity contribution in [3.63, 3.8) is 0 Å². The lowest BCUT2D eigenvalue weighted by atomic mass is 10.1.